The quantitative estimate of drug-likeness (QED) is 0.781. The van der Waals surface area contributed by atoms with Gasteiger partial charge in [-0.15, -0.1) is 0 Å². The van der Waals surface area contributed by atoms with Crippen molar-refractivity contribution in [3.05, 3.63) is 18.0 Å². The van der Waals surface area contributed by atoms with Crippen molar-refractivity contribution in [2.24, 2.45) is 7.05 Å². The third kappa shape index (κ3) is 2.58. The Kier molecular flexibility index (Phi) is 3.69. The first-order valence-corrected chi connectivity index (χ1v) is 5.30. The molecule has 0 aliphatic heterocycles. The maximum absolute atomic E-state index is 10.1. The molecule has 0 fully saturated rings. The Morgan fingerprint density at radius 1 is 1.43 bits per heavy atom. The van der Waals surface area contributed by atoms with Crippen molar-refractivity contribution in [1.29, 1.82) is 0 Å². The minimum atomic E-state index is -0.496. The summed E-state index contributed by atoms with van der Waals surface area (Å²) in [4.78, 5) is 0. The largest absolute Gasteiger partial charge is 0.390 e. The average molecular weight is 196 g/mol. The zero-order valence-electron chi connectivity index (χ0n) is 9.32. The van der Waals surface area contributed by atoms with Crippen molar-refractivity contribution in [1.82, 2.24) is 9.78 Å². The van der Waals surface area contributed by atoms with E-state index < -0.39 is 5.60 Å². The van der Waals surface area contributed by atoms with Crippen LogP contribution in [0.25, 0.3) is 0 Å². The number of hydrogen-bond acceptors (Lipinski definition) is 2. The van der Waals surface area contributed by atoms with Gasteiger partial charge in [0.15, 0.2) is 0 Å². The fourth-order valence-electron chi connectivity index (χ4n) is 1.61. The van der Waals surface area contributed by atoms with Crippen LogP contribution < -0.4 is 0 Å². The standard InChI is InChI=1S/C11H20N2O/c1-4-11(14,5-2)8-6-10-7-9-12-13(10)3/h7,9,14H,4-6,8H2,1-3H3. The maximum Gasteiger partial charge on any atom is 0.0646 e. The third-order valence-electron chi connectivity index (χ3n) is 3.09. The Morgan fingerprint density at radius 3 is 2.50 bits per heavy atom. The van der Waals surface area contributed by atoms with Gasteiger partial charge >= 0.3 is 0 Å². The summed E-state index contributed by atoms with van der Waals surface area (Å²) in [6, 6.07) is 2.01. The molecule has 1 aromatic heterocycles. The molecule has 14 heavy (non-hydrogen) atoms. The van der Waals surface area contributed by atoms with E-state index in [1.807, 2.05) is 31.6 Å². The van der Waals surface area contributed by atoms with Crippen LogP contribution in [0.5, 0.6) is 0 Å². The molecule has 0 atom stereocenters. The first-order chi connectivity index (χ1) is 6.61. The first-order valence-electron chi connectivity index (χ1n) is 5.30. The highest BCUT2D eigenvalue weighted by molar-refractivity contribution is 5.01. The zero-order chi connectivity index (χ0) is 10.6. The molecule has 1 aromatic rings. The minimum Gasteiger partial charge on any atom is -0.390 e. The first kappa shape index (κ1) is 11.2. The molecule has 1 heterocycles. The molecule has 0 aromatic carbocycles. The van der Waals surface area contributed by atoms with E-state index in [9.17, 15) is 5.11 Å². The number of aromatic nitrogens is 2. The highest BCUT2D eigenvalue weighted by Gasteiger charge is 2.21. The summed E-state index contributed by atoms with van der Waals surface area (Å²) < 4.78 is 1.87. The van der Waals surface area contributed by atoms with Gasteiger partial charge in [0.1, 0.15) is 0 Å². The van der Waals surface area contributed by atoms with Crippen LogP contribution in [0.4, 0.5) is 0 Å². The van der Waals surface area contributed by atoms with Crippen LogP contribution in [0.15, 0.2) is 12.3 Å². The molecule has 0 unspecified atom stereocenters. The molecule has 3 heteroatoms. The highest BCUT2D eigenvalue weighted by atomic mass is 16.3. The van der Waals surface area contributed by atoms with E-state index in [1.54, 1.807) is 6.20 Å². The monoisotopic (exact) mass is 196 g/mol. The van der Waals surface area contributed by atoms with Gasteiger partial charge in [0.05, 0.1) is 5.60 Å². The molecule has 0 saturated heterocycles. The van der Waals surface area contributed by atoms with Crippen molar-refractivity contribution in [2.75, 3.05) is 0 Å². The van der Waals surface area contributed by atoms with Gasteiger partial charge in [-0.25, -0.2) is 0 Å². The molecule has 0 saturated carbocycles. The van der Waals surface area contributed by atoms with Gasteiger partial charge < -0.3 is 5.11 Å². The normalized spacial score (nSPS) is 12.0. The summed E-state index contributed by atoms with van der Waals surface area (Å²) in [5.41, 5.74) is 0.690. The van der Waals surface area contributed by atoms with Crippen LogP contribution >= 0.6 is 0 Å². The zero-order valence-corrected chi connectivity index (χ0v) is 9.32. The van der Waals surface area contributed by atoms with E-state index >= 15 is 0 Å². The lowest BCUT2D eigenvalue weighted by molar-refractivity contribution is 0.0235. The van der Waals surface area contributed by atoms with Crippen molar-refractivity contribution in [3.8, 4) is 0 Å². The lowest BCUT2D eigenvalue weighted by Gasteiger charge is -2.24. The average Bonchev–Trinajstić information content (AvgIpc) is 2.61. The number of aryl methyl sites for hydroxylation is 2. The smallest absolute Gasteiger partial charge is 0.0646 e. The Labute approximate surface area is 85.8 Å². The van der Waals surface area contributed by atoms with E-state index in [4.69, 9.17) is 0 Å². The van der Waals surface area contributed by atoms with Gasteiger partial charge in [-0.3, -0.25) is 4.68 Å². The van der Waals surface area contributed by atoms with Gasteiger partial charge in [-0.1, -0.05) is 13.8 Å². The second kappa shape index (κ2) is 4.60. The van der Waals surface area contributed by atoms with Gasteiger partial charge in [-0.05, 0) is 31.7 Å². The molecule has 3 nitrogen and oxygen atoms in total. The molecular formula is C11H20N2O. The predicted molar refractivity (Wildman–Crippen MR) is 57.1 cm³/mol. The number of rotatable bonds is 5. The summed E-state index contributed by atoms with van der Waals surface area (Å²) in [6.07, 6.45) is 5.16. The third-order valence-corrected chi connectivity index (χ3v) is 3.09. The Morgan fingerprint density at radius 2 is 2.07 bits per heavy atom. The summed E-state index contributed by atoms with van der Waals surface area (Å²) in [5.74, 6) is 0. The van der Waals surface area contributed by atoms with Crippen molar-refractivity contribution >= 4 is 0 Å². The van der Waals surface area contributed by atoms with Crippen LogP contribution in [0.2, 0.25) is 0 Å². The van der Waals surface area contributed by atoms with Gasteiger partial charge in [0.25, 0.3) is 0 Å². The SMILES string of the molecule is CCC(O)(CC)CCc1ccnn1C. The van der Waals surface area contributed by atoms with Crippen molar-refractivity contribution in [3.63, 3.8) is 0 Å². The molecule has 0 spiro atoms. The van der Waals surface area contributed by atoms with E-state index in [-0.39, 0.29) is 0 Å². The van der Waals surface area contributed by atoms with Crippen LogP contribution in [0.3, 0.4) is 0 Å². The van der Waals surface area contributed by atoms with E-state index in [0.717, 1.165) is 25.7 Å². The molecule has 0 bridgehead atoms. The maximum atomic E-state index is 10.1. The molecule has 1 rings (SSSR count). The molecule has 0 amide bonds. The van der Waals surface area contributed by atoms with Gasteiger partial charge in [0.2, 0.25) is 0 Å². The molecule has 0 aliphatic rings. The molecule has 0 radical (unpaired) electrons. The second-order valence-electron chi connectivity index (χ2n) is 3.88. The van der Waals surface area contributed by atoms with Crippen LogP contribution in [0.1, 0.15) is 38.8 Å². The number of aliphatic hydroxyl groups is 1. The van der Waals surface area contributed by atoms with Gasteiger partial charge in [-0.2, -0.15) is 5.10 Å². The lowest BCUT2D eigenvalue weighted by atomic mass is 9.91. The van der Waals surface area contributed by atoms with Crippen LogP contribution in [-0.4, -0.2) is 20.5 Å². The predicted octanol–water partition coefficient (Wildman–Crippen LogP) is 1.90. The molecule has 0 aliphatic carbocycles. The second-order valence-corrected chi connectivity index (χ2v) is 3.88. The molecule has 80 valence electrons. The lowest BCUT2D eigenvalue weighted by Crippen LogP contribution is -2.27. The van der Waals surface area contributed by atoms with Crippen molar-refractivity contribution in [2.45, 2.75) is 45.1 Å². The molecule has 1 N–H and O–H groups in total. The minimum absolute atomic E-state index is 0.496. The highest BCUT2D eigenvalue weighted by Crippen LogP contribution is 2.21. The summed E-state index contributed by atoms with van der Waals surface area (Å²) in [5, 5.41) is 14.2. The number of hydrogen-bond donors (Lipinski definition) is 1. The van der Waals surface area contributed by atoms with E-state index in [0.29, 0.717) is 0 Å². The van der Waals surface area contributed by atoms with E-state index in [1.165, 1.54) is 5.69 Å². The number of nitrogens with zero attached hydrogens (tertiary/aromatic N) is 2. The van der Waals surface area contributed by atoms with E-state index in [2.05, 4.69) is 5.10 Å². The van der Waals surface area contributed by atoms with Crippen molar-refractivity contribution < 1.29 is 5.11 Å². The van der Waals surface area contributed by atoms with Crippen LogP contribution in [-0.2, 0) is 13.5 Å². The van der Waals surface area contributed by atoms with Gasteiger partial charge in [0, 0.05) is 18.9 Å². The Bertz CT molecular complexity index is 277. The molecular weight excluding hydrogens is 176 g/mol. The summed E-state index contributed by atoms with van der Waals surface area (Å²) in [6.45, 7) is 4.07. The Balaban J connectivity index is 2.52. The summed E-state index contributed by atoms with van der Waals surface area (Å²) >= 11 is 0. The fraction of sp³-hybridized carbons (Fsp3) is 0.727. The van der Waals surface area contributed by atoms with Crippen LogP contribution in [0, 0.1) is 0 Å². The fourth-order valence-corrected chi connectivity index (χ4v) is 1.61. The summed E-state index contributed by atoms with van der Waals surface area (Å²) in [7, 11) is 1.94. The Hall–Kier alpha value is -0.830. The topological polar surface area (TPSA) is 38.1 Å².